The fourth-order valence-corrected chi connectivity index (χ4v) is 1.08. The Bertz CT molecular complexity index is 307. The van der Waals surface area contributed by atoms with E-state index in [-0.39, 0.29) is 0 Å². The molecule has 0 aliphatic heterocycles. The van der Waals surface area contributed by atoms with Crippen molar-refractivity contribution in [3.63, 3.8) is 0 Å². The second kappa shape index (κ2) is 4.63. The van der Waals surface area contributed by atoms with Gasteiger partial charge in [0.25, 0.3) is 0 Å². The van der Waals surface area contributed by atoms with Gasteiger partial charge in [0.2, 0.25) is 0 Å². The first kappa shape index (κ1) is 12.0. The van der Waals surface area contributed by atoms with Crippen LogP contribution in [0.1, 0.15) is 17.4 Å². The Hall–Kier alpha value is -1.07. The summed E-state index contributed by atoms with van der Waals surface area (Å²) in [5, 5.41) is 11.4. The van der Waals surface area contributed by atoms with Crippen LogP contribution in [-0.2, 0) is 0 Å². The zero-order chi connectivity index (χ0) is 11.5. The lowest BCUT2D eigenvalue weighted by Gasteiger charge is -2.14. The van der Waals surface area contributed by atoms with E-state index in [2.05, 4.69) is 0 Å². The molecular formula is C10H12F3NO. The van der Waals surface area contributed by atoms with Crippen LogP contribution in [0.15, 0.2) is 24.3 Å². The van der Waals surface area contributed by atoms with Gasteiger partial charge in [0, 0.05) is 0 Å². The third kappa shape index (κ3) is 4.31. The van der Waals surface area contributed by atoms with Gasteiger partial charge in [-0.25, -0.2) is 0 Å². The van der Waals surface area contributed by atoms with Gasteiger partial charge in [0.15, 0.2) is 0 Å². The molecular weight excluding hydrogens is 207 g/mol. The monoisotopic (exact) mass is 219 g/mol. The molecule has 0 aromatic heterocycles. The van der Waals surface area contributed by atoms with Gasteiger partial charge >= 0.3 is 6.18 Å². The number of aliphatic hydroxyl groups is 1. The average Bonchev–Trinajstić information content (AvgIpc) is 2.14. The van der Waals surface area contributed by atoms with Gasteiger partial charge in [-0.05, 0) is 12.5 Å². The molecule has 0 saturated heterocycles. The Morgan fingerprint density at radius 1 is 1.27 bits per heavy atom. The van der Waals surface area contributed by atoms with Crippen molar-refractivity contribution >= 4 is 0 Å². The molecule has 2 nitrogen and oxygen atoms in total. The van der Waals surface area contributed by atoms with Gasteiger partial charge in [-0.15, -0.1) is 0 Å². The summed E-state index contributed by atoms with van der Waals surface area (Å²) in [6.45, 7) is 0.654. The third-order valence-corrected chi connectivity index (χ3v) is 1.89. The fraction of sp³-hybridized carbons (Fsp3) is 0.400. The lowest BCUT2D eigenvalue weighted by molar-refractivity contribution is -0.131. The summed E-state index contributed by atoms with van der Waals surface area (Å²) in [5.41, 5.74) is 1.41. The van der Waals surface area contributed by atoms with E-state index in [1.807, 2.05) is 12.2 Å². The van der Waals surface area contributed by atoms with Crippen LogP contribution >= 0.6 is 0 Å². The number of halogens is 3. The zero-order valence-electron chi connectivity index (χ0n) is 8.17. The van der Waals surface area contributed by atoms with Crippen LogP contribution in [0, 0.1) is 6.92 Å². The number of benzene rings is 1. The summed E-state index contributed by atoms with van der Waals surface area (Å²) in [7, 11) is 0. The molecule has 0 spiro atoms. The Morgan fingerprint density at radius 2 is 1.80 bits per heavy atom. The fourth-order valence-electron chi connectivity index (χ4n) is 1.08. The van der Waals surface area contributed by atoms with Crippen LogP contribution in [0.2, 0.25) is 0 Å². The minimum Gasteiger partial charge on any atom is -0.374 e. The Kier molecular flexibility index (Phi) is 3.71. The second-order valence-corrected chi connectivity index (χ2v) is 3.31. The van der Waals surface area contributed by atoms with E-state index >= 15 is 0 Å². The summed E-state index contributed by atoms with van der Waals surface area (Å²) in [6, 6.07) is 6.63. The van der Waals surface area contributed by atoms with Gasteiger partial charge in [-0.3, -0.25) is 5.32 Å². The van der Waals surface area contributed by atoms with Crippen molar-refractivity contribution in [2.75, 3.05) is 6.54 Å². The first-order chi connectivity index (χ1) is 6.88. The summed E-state index contributed by atoms with van der Waals surface area (Å²) >= 11 is 0. The highest BCUT2D eigenvalue weighted by Gasteiger charge is 2.27. The number of nitrogens with one attached hydrogen (secondary N) is 1. The van der Waals surface area contributed by atoms with Crippen molar-refractivity contribution in [2.45, 2.75) is 19.3 Å². The number of alkyl halides is 3. The molecule has 15 heavy (non-hydrogen) atoms. The smallest absolute Gasteiger partial charge is 0.374 e. The minimum absolute atomic E-state index is 0.421. The Labute approximate surface area is 85.7 Å². The largest absolute Gasteiger partial charge is 0.401 e. The lowest BCUT2D eigenvalue weighted by Crippen LogP contribution is -2.31. The van der Waals surface area contributed by atoms with Crippen molar-refractivity contribution in [3.8, 4) is 0 Å². The van der Waals surface area contributed by atoms with E-state index in [4.69, 9.17) is 0 Å². The van der Waals surface area contributed by atoms with Gasteiger partial charge < -0.3 is 5.11 Å². The molecule has 0 aliphatic rings. The van der Waals surface area contributed by atoms with Crippen molar-refractivity contribution in [2.24, 2.45) is 0 Å². The number of rotatable bonds is 3. The molecule has 0 fully saturated rings. The highest BCUT2D eigenvalue weighted by molar-refractivity contribution is 5.22. The number of aryl methyl sites for hydroxylation is 1. The van der Waals surface area contributed by atoms with Crippen LogP contribution in [0.4, 0.5) is 13.2 Å². The summed E-state index contributed by atoms with van der Waals surface area (Å²) in [4.78, 5) is 0. The zero-order valence-corrected chi connectivity index (χ0v) is 8.17. The number of hydrogen-bond donors (Lipinski definition) is 2. The molecule has 0 heterocycles. The van der Waals surface area contributed by atoms with Crippen LogP contribution in [0.5, 0.6) is 0 Å². The molecule has 1 aromatic carbocycles. The molecule has 0 saturated carbocycles. The lowest BCUT2D eigenvalue weighted by atomic mass is 10.1. The normalized spacial score (nSPS) is 13.9. The van der Waals surface area contributed by atoms with Crippen molar-refractivity contribution in [1.82, 2.24) is 5.32 Å². The molecule has 0 bridgehead atoms. The maximum absolute atomic E-state index is 11.8. The van der Waals surface area contributed by atoms with Crippen molar-refractivity contribution in [3.05, 3.63) is 35.4 Å². The van der Waals surface area contributed by atoms with Gasteiger partial charge in [0.05, 0.1) is 6.54 Å². The first-order valence-corrected chi connectivity index (χ1v) is 4.43. The molecule has 1 aromatic rings. The van der Waals surface area contributed by atoms with Crippen LogP contribution in [0.3, 0.4) is 0 Å². The molecule has 0 aliphatic carbocycles. The summed E-state index contributed by atoms with van der Waals surface area (Å²) < 4.78 is 35.5. The molecule has 84 valence electrons. The minimum atomic E-state index is -4.31. The molecule has 0 radical (unpaired) electrons. The standard InChI is InChI=1S/C10H12F3NO/c1-7-2-4-8(5-3-7)9(15)14-6-10(11,12)13/h2-5,9,14-15H,6H2,1H3. The first-order valence-electron chi connectivity index (χ1n) is 4.43. The second-order valence-electron chi connectivity index (χ2n) is 3.31. The van der Waals surface area contributed by atoms with E-state index in [1.54, 1.807) is 24.3 Å². The van der Waals surface area contributed by atoms with Crippen LogP contribution < -0.4 is 5.32 Å². The van der Waals surface area contributed by atoms with Crippen molar-refractivity contribution in [1.29, 1.82) is 0 Å². The topological polar surface area (TPSA) is 32.3 Å². The van der Waals surface area contributed by atoms with Gasteiger partial charge in [0.1, 0.15) is 6.23 Å². The summed E-state index contributed by atoms with van der Waals surface area (Å²) in [5.74, 6) is 0. The Morgan fingerprint density at radius 3 is 2.27 bits per heavy atom. The number of aliphatic hydroxyl groups excluding tert-OH is 1. The van der Waals surface area contributed by atoms with Gasteiger partial charge in [-0.1, -0.05) is 29.8 Å². The molecule has 1 atom stereocenters. The van der Waals surface area contributed by atoms with E-state index in [0.29, 0.717) is 5.56 Å². The summed E-state index contributed by atoms with van der Waals surface area (Å²) in [6.07, 6.45) is -5.60. The quantitative estimate of drug-likeness (QED) is 0.763. The van der Waals surface area contributed by atoms with E-state index in [9.17, 15) is 18.3 Å². The van der Waals surface area contributed by atoms with Gasteiger partial charge in [-0.2, -0.15) is 13.2 Å². The van der Waals surface area contributed by atoms with Crippen LogP contribution in [-0.4, -0.2) is 17.8 Å². The molecule has 1 rings (SSSR count). The SMILES string of the molecule is Cc1ccc(C(O)NCC(F)(F)F)cc1. The molecule has 0 amide bonds. The predicted octanol–water partition coefficient (Wildman–Crippen LogP) is 2.14. The maximum Gasteiger partial charge on any atom is 0.401 e. The highest BCUT2D eigenvalue weighted by atomic mass is 19.4. The van der Waals surface area contributed by atoms with Crippen LogP contribution in [0.25, 0.3) is 0 Å². The molecule has 5 heteroatoms. The highest BCUT2D eigenvalue weighted by Crippen LogP contribution is 2.16. The maximum atomic E-state index is 11.8. The third-order valence-electron chi connectivity index (χ3n) is 1.89. The van der Waals surface area contributed by atoms with E-state index < -0.39 is 18.9 Å². The molecule has 2 N–H and O–H groups in total. The average molecular weight is 219 g/mol. The molecule has 1 unspecified atom stereocenters. The van der Waals surface area contributed by atoms with E-state index in [1.165, 1.54) is 0 Å². The van der Waals surface area contributed by atoms with E-state index in [0.717, 1.165) is 5.56 Å². The Balaban J connectivity index is 2.54. The predicted molar refractivity (Wildman–Crippen MR) is 50.2 cm³/mol. The van der Waals surface area contributed by atoms with Crippen molar-refractivity contribution < 1.29 is 18.3 Å². The number of hydrogen-bond acceptors (Lipinski definition) is 2.